The molecule has 1 fully saturated rings. The standard InChI is InChI=1S/C10H14O3/c1-8-4-2-6-10(11,13-8)9-5-3-7-12-9/h3,5,7-8,11H,2,4,6H2,1H3. The third kappa shape index (κ3) is 1.62. The molecular weight excluding hydrogens is 168 g/mol. The molecule has 2 heterocycles. The van der Waals surface area contributed by atoms with E-state index >= 15 is 0 Å². The fourth-order valence-corrected chi connectivity index (χ4v) is 1.76. The molecule has 1 N–H and O–H groups in total. The maximum absolute atomic E-state index is 10.1. The zero-order valence-corrected chi connectivity index (χ0v) is 7.69. The Balaban J connectivity index is 2.20. The van der Waals surface area contributed by atoms with Crippen molar-refractivity contribution in [3.63, 3.8) is 0 Å². The molecule has 1 aromatic heterocycles. The molecule has 0 bridgehead atoms. The summed E-state index contributed by atoms with van der Waals surface area (Å²) in [5.41, 5.74) is 0. The average molecular weight is 182 g/mol. The summed E-state index contributed by atoms with van der Waals surface area (Å²) in [6.45, 7) is 1.97. The van der Waals surface area contributed by atoms with Crippen LogP contribution in [0.4, 0.5) is 0 Å². The summed E-state index contributed by atoms with van der Waals surface area (Å²) in [5.74, 6) is -0.680. The van der Waals surface area contributed by atoms with Crippen LogP contribution in [0.5, 0.6) is 0 Å². The van der Waals surface area contributed by atoms with Gasteiger partial charge >= 0.3 is 0 Å². The van der Waals surface area contributed by atoms with Crippen LogP contribution in [-0.4, -0.2) is 11.2 Å². The summed E-state index contributed by atoms with van der Waals surface area (Å²) < 4.78 is 10.6. The van der Waals surface area contributed by atoms with Crippen molar-refractivity contribution in [1.82, 2.24) is 0 Å². The fraction of sp³-hybridized carbons (Fsp3) is 0.600. The summed E-state index contributed by atoms with van der Waals surface area (Å²) in [6, 6.07) is 3.51. The van der Waals surface area contributed by atoms with Crippen LogP contribution in [0, 0.1) is 0 Å². The molecular formula is C10H14O3. The Morgan fingerprint density at radius 3 is 3.08 bits per heavy atom. The SMILES string of the molecule is CC1CCCC(O)(c2ccco2)O1. The molecule has 13 heavy (non-hydrogen) atoms. The van der Waals surface area contributed by atoms with Gasteiger partial charge in [-0.15, -0.1) is 0 Å². The molecule has 0 radical (unpaired) electrons. The molecule has 0 amide bonds. The highest BCUT2D eigenvalue weighted by Crippen LogP contribution is 2.35. The number of furan rings is 1. The lowest BCUT2D eigenvalue weighted by molar-refractivity contribution is -0.267. The molecule has 1 saturated heterocycles. The van der Waals surface area contributed by atoms with E-state index in [-0.39, 0.29) is 6.10 Å². The summed E-state index contributed by atoms with van der Waals surface area (Å²) in [6.07, 6.45) is 4.24. The van der Waals surface area contributed by atoms with Crippen LogP contribution < -0.4 is 0 Å². The Labute approximate surface area is 77.3 Å². The minimum atomic E-state index is -1.19. The summed E-state index contributed by atoms with van der Waals surface area (Å²) in [4.78, 5) is 0. The molecule has 1 aliphatic rings. The van der Waals surface area contributed by atoms with E-state index in [0.717, 1.165) is 12.8 Å². The largest absolute Gasteiger partial charge is 0.464 e. The van der Waals surface area contributed by atoms with Gasteiger partial charge in [-0.3, -0.25) is 0 Å². The molecule has 2 atom stereocenters. The molecule has 0 aromatic carbocycles. The third-order valence-corrected chi connectivity index (χ3v) is 2.43. The highest BCUT2D eigenvalue weighted by molar-refractivity contribution is 5.06. The van der Waals surface area contributed by atoms with E-state index in [9.17, 15) is 5.11 Å². The van der Waals surface area contributed by atoms with E-state index in [4.69, 9.17) is 9.15 Å². The average Bonchev–Trinajstić information content (AvgIpc) is 2.55. The Kier molecular flexibility index (Phi) is 2.14. The summed E-state index contributed by atoms with van der Waals surface area (Å²) in [5, 5.41) is 10.1. The highest BCUT2D eigenvalue weighted by atomic mass is 16.6. The topological polar surface area (TPSA) is 42.6 Å². The molecule has 0 saturated carbocycles. The first-order valence-corrected chi connectivity index (χ1v) is 4.65. The molecule has 3 heteroatoms. The zero-order valence-electron chi connectivity index (χ0n) is 7.69. The Hall–Kier alpha value is -0.800. The summed E-state index contributed by atoms with van der Waals surface area (Å²) >= 11 is 0. The predicted molar refractivity (Wildman–Crippen MR) is 47.0 cm³/mol. The molecule has 2 unspecified atom stereocenters. The van der Waals surface area contributed by atoms with Crippen LogP contribution in [0.15, 0.2) is 22.8 Å². The van der Waals surface area contributed by atoms with Gasteiger partial charge in [0.15, 0.2) is 5.76 Å². The lowest BCUT2D eigenvalue weighted by Gasteiger charge is -2.34. The normalized spacial score (nSPS) is 34.8. The maximum Gasteiger partial charge on any atom is 0.226 e. The number of aliphatic hydroxyl groups is 1. The fourth-order valence-electron chi connectivity index (χ4n) is 1.76. The van der Waals surface area contributed by atoms with E-state index in [1.807, 2.05) is 6.92 Å². The Morgan fingerprint density at radius 2 is 2.46 bits per heavy atom. The van der Waals surface area contributed by atoms with Crippen molar-refractivity contribution in [2.45, 2.75) is 38.1 Å². The van der Waals surface area contributed by atoms with Crippen molar-refractivity contribution >= 4 is 0 Å². The van der Waals surface area contributed by atoms with Crippen LogP contribution in [0.25, 0.3) is 0 Å². The molecule has 72 valence electrons. The molecule has 2 rings (SSSR count). The quantitative estimate of drug-likeness (QED) is 0.722. The number of hydrogen-bond acceptors (Lipinski definition) is 3. The molecule has 1 aromatic rings. The predicted octanol–water partition coefficient (Wildman–Crippen LogP) is 2.01. The van der Waals surface area contributed by atoms with Gasteiger partial charge in [-0.2, -0.15) is 0 Å². The Bertz CT molecular complexity index is 268. The van der Waals surface area contributed by atoms with E-state index in [1.54, 1.807) is 18.4 Å². The highest BCUT2D eigenvalue weighted by Gasteiger charge is 2.37. The van der Waals surface area contributed by atoms with Crippen LogP contribution in [-0.2, 0) is 10.5 Å². The van der Waals surface area contributed by atoms with Crippen molar-refractivity contribution in [3.05, 3.63) is 24.2 Å². The van der Waals surface area contributed by atoms with Crippen molar-refractivity contribution in [3.8, 4) is 0 Å². The van der Waals surface area contributed by atoms with E-state index < -0.39 is 5.79 Å². The van der Waals surface area contributed by atoms with Crippen LogP contribution >= 0.6 is 0 Å². The molecule has 0 aliphatic carbocycles. The van der Waals surface area contributed by atoms with E-state index in [0.29, 0.717) is 12.2 Å². The van der Waals surface area contributed by atoms with Crippen molar-refractivity contribution in [2.24, 2.45) is 0 Å². The third-order valence-electron chi connectivity index (χ3n) is 2.43. The monoisotopic (exact) mass is 182 g/mol. The molecule has 1 aliphatic heterocycles. The van der Waals surface area contributed by atoms with Gasteiger partial charge in [0.2, 0.25) is 5.79 Å². The van der Waals surface area contributed by atoms with Gasteiger partial charge in [-0.05, 0) is 31.9 Å². The van der Waals surface area contributed by atoms with Crippen LogP contribution in [0.1, 0.15) is 31.9 Å². The number of hydrogen-bond donors (Lipinski definition) is 1. The van der Waals surface area contributed by atoms with Crippen LogP contribution in [0.2, 0.25) is 0 Å². The lowest BCUT2D eigenvalue weighted by Crippen LogP contribution is -2.36. The zero-order chi connectivity index (χ0) is 9.31. The first kappa shape index (κ1) is 8.78. The number of rotatable bonds is 1. The second-order valence-electron chi connectivity index (χ2n) is 3.58. The van der Waals surface area contributed by atoms with E-state index in [2.05, 4.69) is 0 Å². The van der Waals surface area contributed by atoms with Gasteiger partial charge in [0, 0.05) is 6.42 Å². The lowest BCUT2D eigenvalue weighted by atomic mass is 10.00. The molecule has 3 nitrogen and oxygen atoms in total. The second kappa shape index (κ2) is 3.16. The van der Waals surface area contributed by atoms with Crippen molar-refractivity contribution < 1.29 is 14.3 Å². The second-order valence-corrected chi connectivity index (χ2v) is 3.58. The van der Waals surface area contributed by atoms with Gasteiger partial charge in [0.1, 0.15) is 0 Å². The molecule has 0 spiro atoms. The van der Waals surface area contributed by atoms with Crippen molar-refractivity contribution in [2.75, 3.05) is 0 Å². The first-order chi connectivity index (χ1) is 6.21. The van der Waals surface area contributed by atoms with Crippen molar-refractivity contribution in [1.29, 1.82) is 0 Å². The maximum atomic E-state index is 10.1. The van der Waals surface area contributed by atoms with Gasteiger partial charge in [0.25, 0.3) is 0 Å². The van der Waals surface area contributed by atoms with Gasteiger partial charge in [-0.25, -0.2) is 0 Å². The van der Waals surface area contributed by atoms with Gasteiger partial charge < -0.3 is 14.3 Å². The number of ether oxygens (including phenoxy) is 1. The van der Waals surface area contributed by atoms with E-state index in [1.165, 1.54) is 0 Å². The minimum absolute atomic E-state index is 0.101. The minimum Gasteiger partial charge on any atom is -0.464 e. The van der Waals surface area contributed by atoms with Crippen LogP contribution in [0.3, 0.4) is 0 Å². The van der Waals surface area contributed by atoms with Gasteiger partial charge in [0.05, 0.1) is 12.4 Å². The summed E-state index contributed by atoms with van der Waals surface area (Å²) in [7, 11) is 0. The Morgan fingerprint density at radius 1 is 1.62 bits per heavy atom. The smallest absolute Gasteiger partial charge is 0.226 e. The first-order valence-electron chi connectivity index (χ1n) is 4.65. The van der Waals surface area contributed by atoms with Gasteiger partial charge in [-0.1, -0.05) is 0 Å².